The molecule has 0 saturated heterocycles. The first kappa shape index (κ1) is 15.0. The van der Waals surface area contributed by atoms with Gasteiger partial charge in [-0.15, -0.1) is 0 Å². The number of hydrogen-bond acceptors (Lipinski definition) is 3. The lowest BCUT2D eigenvalue weighted by Gasteiger charge is -2.16. The van der Waals surface area contributed by atoms with Crippen LogP contribution in [-0.2, 0) is 4.74 Å². The quantitative estimate of drug-likeness (QED) is 0.720. The molecule has 0 radical (unpaired) electrons. The third-order valence-corrected chi connectivity index (χ3v) is 2.75. The second-order valence-electron chi connectivity index (χ2n) is 4.87. The van der Waals surface area contributed by atoms with Crippen LogP contribution < -0.4 is 10.1 Å². The van der Waals surface area contributed by atoms with Crippen LogP contribution in [0.3, 0.4) is 0 Å². The highest BCUT2D eigenvalue weighted by atomic mass is 16.5. The van der Waals surface area contributed by atoms with Crippen molar-refractivity contribution in [1.82, 2.24) is 5.32 Å². The molecule has 0 bridgehead atoms. The van der Waals surface area contributed by atoms with Crippen LogP contribution in [0, 0.1) is 5.92 Å². The molecule has 3 nitrogen and oxygen atoms in total. The zero-order valence-electron chi connectivity index (χ0n) is 11.9. The molecule has 1 unspecified atom stereocenters. The summed E-state index contributed by atoms with van der Waals surface area (Å²) in [5.41, 5.74) is 1.18. The minimum Gasteiger partial charge on any atom is -0.491 e. The van der Waals surface area contributed by atoms with E-state index in [2.05, 4.69) is 32.2 Å². The van der Waals surface area contributed by atoms with Gasteiger partial charge in [0.1, 0.15) is 12.4 Å². The van der Waals surface area contributed by atoms with Crippen LogP contribution in [-0.4, -0.2) is 26.9 Å². The molecule has 1 aromatic carbocycles. The molecule has 0 aliphatic heterocycles. The highest BCUT2D eigenvalue weighted by Crippen LogP contribution is 2.24. The summed E-state index contributed by atoms with van der Waals surface area (Å²) in [5.74, 6) is 1.51. The molecule has 102 valence electrons. The Labute approximate surface area is 110 Å². The second kappa shape index (κ2) is 8.11. The Bertz CT molecular complexity index is 339. The normalized spacial score (nSPS) is 12.7. The minimum atomic E-state index is 0.290. The topological polar surface area (TPSA) is 30.5 Å². The van der Waals surface area contributed by atoms with Crippen molar-refractivity contribution >= 4 is 0 Å². The Hall–Kier alpha value is -1.06. The van der Waals surface area contributed by atoms with Gasteiger partial charge in [-0.25, -0.2) is 0 Å². The third-order valence-electron chi connectivity index (χ3n) is 2.75. The summed E-state index contributed by atoms with van der Waals surface area (Å²) in [6, 6.07) is 8.41. The molecule has 1 N–H and O–H groups in total. The van der Waals surface area contributed by atoms with E-state index in [4.69, 9.17) is 9.47 Å². The van der Waals surface area contributed by atoms with Crippen molar-refractivity contribution < 1.29 is 9.47 Å². The van der Waals surface area contributed by atoms with E-state index in [1.165, 1.54) is 5.56 Å². The maximum atomic E-state index is 5.78. The van der Waals surface area contributed by atoms with Crippen LogP contribution in [0.2, 0.25) is 0 Å². The molecule has 0 aliphatic rings. The van der Waals surface area contributed by atoms with Crippen molar-refractivity contribution in [2.45, 2.75) is 26.8 Å². The predicted octanol–water partition coefficient (Wildman–Crippen LogP) is 3.02. The Morgan fingerprint density at radius 3 is 2.50 bits per heavy atom. The van der Waals surface area contributed by atoms with E-state index in [0.717, 1.165) is 12.4 Å². The predicted molar refractivity (Wildman–Crippen MR) is 75.1 cm³/mol. The molecule has 0 heterocycles. The summed E-state index contributed by atoms with van der Waals surface area (Å²) in [7, 11) is 1.95. The van der Waals surface area contributed by atoms with E-state index >= 15 is 0 Å². The fourth-order valence-electron chi connectivity index (χ4n) is 1.65. The molecule has 0 amide bonds. The van der Waals surface area contributed by atoms with Crippen LogP contribution in [0.5, 0.6) is 5.75 Å². The number of benzene rings is 1. The zero-order chi connectivity index (χ0) is 13.4. The van der Waals surface area contributed by atoms with Gasteiger partial charge < -0.3 is 14.8 Å². The van der Waals surface area contributed by atoms with Crippen LogP contribution in [0.25, 0.3) is 0 Å². The van der Waals surface area contributed by atoms with Crippen LogP contribution in [0.15, 0.2) is 24.3 Å². The van der Waals surface area contributed by atoms with Crippen molar-refractivity contribution in [1.29, 1.82) is 0 Å². The highest BCUT2D eigenvalue weighted by molar-refractivity contribution is 5.35. The molecule has 0 saturated carbocycles. The molecule has 0 fully saturated rings. The zero-order valence-corrected chi connectivity index (χ0v) is 11.9. The van der Waals surface area contributed by atoms with Crippen LogP contribution in [0.4, 0.5) is 0 Å². The molecular formula is C15H25NO2. The van der Waals surface area contributed by atoms with Crippen molar-refractivity contribution in [2.75, 3.05) is 26.9 Å². The molecular weight excluding hydrogens is 226 g/mol. The van der Waals surface area contributed by atoms with Gasteiger partial charge in [-0.1, -0.05) is 32.0 Å². The number of rotatable bonds is 8. The van der Waals surface area contributed by atoms with E-state index in [0.29, 0.717) is 19.1 Å². The lowest BCUT2D eigenvalue weighted by Crippen LogP contribution is -2.15. The second-order valence-corrected chi connectivity index (χ2v) is 4.87. The highest BCUT2D eigenvalue weighted by Gasteiger charge is 2.08. The van der Waals surface area contributed by atoms with Gasteiger partial charge >= 0.3 is 0 Å². The van der Waals surface area contributed by atoms with Crippen LogP contribution in [0.1, 0.15) is 32.4 Å². The van der Waals surface area contributed by atoms with Gasteiger partial charge in [-0.2, -0.15) is 0 Å². The van der Waals surface area contributed by atoms with Crippen LogP contribution >= 0.6 is 0 Å². The fourth-order valence-corrected chi connectivity index (χ4v) is 1.65. The van der Waals surface area contributed by atoms with Crippen molar-refractivity contribution in [3.05, 3.63) is 29.8 Å². The molecule has 3 heteroatoms. The first-order valence-electron chi connectivity index (χ1n) is 6.62. The van der Waals surface area contributed by atoms with Gasteiger partial charge in [0.05, 0.1) is 6.61 Å². The third kappa shape index (κ3) is 5.07. The van der Waals surface area contributed by atoms with Gasteiger partial charge in [-0.3, -0.25) is 0 Å². The van der Waals surface area contributed by atoms with Crippen molar-refractivity contribution in [2.24, 2.45) is 5.92 Å². The summed E-state index contributed by atoms with van der Waals surface area (Å²) >= 11 is 0. The molecule has 1 aromatic rings. The maximum Gasteiger partial charge on any atom is 0.124 e. The van der Waals surface area contributed by atoms with Crippen molar-refractivity contribution in [3.8, 4) is 5.75 Å². The molecule has 0 aromatic heterocycles. The van der Waals surface area contributed by atoms with E-state index in [9.17, 15) is 0 Å². The number of nitrogens with one attached hydrogen (secondary N) is 1. The summed E-state index contributed by atoms with van der Waals surface area (Å²) in [6.45, 7) is 8.44. The van der Waals surface area contributed by atoms with Gasteiger partial charge in [0.15, 0.2) is 0 Å². The van der Waals surface area contributed by atoms with Gasteiger partial charge in [0, 0.05) is 18.2 Å². The summed E-state index contributed by atoms with van der Waals surface area (Å²) in [4.78, 5) is 0. The summed E-state index contributed by atoms with van der Waals surface area (Å²) in [6.07, 6.45) is 0. The van der Waals surface area contributed by atoms with Gasteiger partial charge in [0.2, 0.25) is 0 Å². The molecule has 18 heavy (non-hydrogen) atoms. The fraction of sp³-hybridized carbons (Fsp3) is 0.600. The molecule has 1 rings (SSSR count). The maximum absolute atomic E-state index is 5.78. The van der Waals surface area contributed by atoms with Gasteiger partial charge in [0.25, 0.3) is 0 Å². The van der Waals surface area contributed by atoms with E-state index in [1.807, 2.05) is 25.2 Å². The van der Waals surface area contributed by atoms with E-state index in [1.54, 1.807) is 0 Å². The first-order chi connectivity index (χ1) is 8.65. The largest absolute Gasteiger partial charge is 0.491 e. The standard InChI is InChI=1S/C15H25NO2/c1-12(2)11-17-9-10-18-15-8-6-5-7-14(15)13(3)16-4/h5-8,12-13,16H,9-11H2,1-4H3. The van der Waals surface area contributed by atoms with E-state index in [-0.39, 0.29) is 6.04 Å². The number of hydrogen-bond donors (Lipinski definition) is 1. The molecule has 1 atom stereocenters. The Morgan fingerprint density at radius 1 is 1.11 bits per heavy atom. The molecule has 0 aliphatic carbocycles. The Kier molecular flexibility index (Phi) is 6.76. The Morgan fingerprint density at radius 2 is 1.83 bits per heavy atom. The monoisotopic (exact) mass is 251 g/mol. The Balaban J connectivity index is 2.42. The minimum absolute atomic E-state index is 0.290. The van der Waals surface area contributed by atoms with E-state index < -0.39 is 0 Å². The average molecular weight is 251 g/mol. The summed E-state index contributed by atoms with van der Waals surface area (Å²) < 4.78 is 11.3. The average Bonchev–Trinajstić information content (AvgIpc) is 2.37. The lowest BCUT2D eigenvalue weighted by atomic mass is 10.1. The first-order valence-corrected chi connectivity index (χ1v) is 6.62. The number of ether oxygens (including phenoxy) is 2. The van der Waals surface area contributed by atoms with Crippen molar-refractivity contribution in [3.63, 3.8) is 0 Å². The lowest BCUT2D eigenvalue weighted by molar-refractivity contribution is 0.0815. The smallest absolute Gasteiger partial charge is 0.124 e. The number of para-hydroxylation sites is 1. The van der Waals surface area contributed by atoms with Gasteiger partial charge in [-0.05, 0) is 26.0 Å². The summed E-state index contributed by atoms with van der Waals surface area (Å²) in [5, 5.41) is 3.23. The SMILES string of the molecule is CNC(C)c1ccccc1OCCOCC(C)C. The molecule has 0 spiro atoms.